The van der Waals surface area contributed by atoms with E-state index in [0.717, 1.165) is 11.3 Å². The summed E-state index contributed by atoms with van der Waals surface area (Å²) in [5, 5.41) is 2.66. The zero-order valence-corrected chi connectivity index (χ0v) is 13.5. The number of rotatable bonds is 5. The summed E-state index contributed by atoms with van der Waals surface area (Å²) in [4.78, 5) is 24.3. The van der Waals surface area contributed by atoms with Crippen LogP contribution in [0.15, 0.2) is 36.4 Å². The topological polar surface area (TPSA) is 64.6 Å². The van der Waals surface area contributed by atoms with Crippen molar-refractivity contribution in [3.63, 3.8) is 0 Å². The molecule has 1 aromatic carbocycles. The van der Waals surface area contributed by atoms with Gasteiger partial charge in [0, 0.05) is 0 Å². The van der Waals surface area contributed by atoms with E-state index in [-0.39, 0.29) is 0 Å². The molecule has 116 valence electrons. The third-order valence-corrected chi connectivity index (χ3v) is 4.00. The van der Waals surface area contributed by atoms with Gasteiger partial charge in [0.15, 0.2) is 6.10 Å². The summed E-state index contributed by atoms with van der Waals surface area (Å²) in [6.45, 7) is 1.50. The highest BCUT2D eigenvalue weighted by molar-refractivity contribution is 7.17. The second kappa shape index (κ2) is 7.29. The smallest absolute Gasteiger partial charge is 0.349 e. The normalized spacial score (nSPS) is 11.6. The standard InChI is InChI=1S/C15H14ClNO4S/c1-9(21-15(19)12-7-8-13(16)22-12)14(18)17-10-5-3-4-6-11(10)20-2/h3-9H,1-2H3,(H,17,18). The molecule has 1 amide bonds. The first-order valence-corrected chi connectivity index (χ1v) is 7.61. The minimum absolute atomic E-state index is 0.349. The van der Waals surface area contributed by atoms with Crippen LogP contribution < -0.4 is 10.1 Å². The first-order valence-electron chi connectivity index (χ1n) is 6.41. The van der Waals surface area contributed by atoms with Crippen LogP contribution >= 0.6 is 22.9 Å². The van der Waals surface area contributed by atoms with Crippen LogP contribution in [0.25, 0.3) is 0 Å². The fourth-order valence-electron chi connectivity index (χ4n) is 1.68. The third kappa shape index (κ3) is 3.99. The number of hydrogen-bond acceptors (Lipinski definition) is 5. The lowest BCUT2D eigenvalue weighted by Gasteiger charge is -2.14. The first kappa shape index (κ1) is 16.3. The maximum atomic E-state index is 12.1. The van der Waals surface area contributed by atoms with E-state index < -0.39 is 18.0 Å². The molecule has 0 aliphatic rings. The fraction of sp³-hybridized carbons (Fsp3) is 0.200. The molecule has 0 fully saturated rings. The number of carbonyl (C=O) groups is 2. The quantitative estimate of drug-likeness (QED) is 0.845. The van der Waals surface area contributed by atoms with Gasteiger partial charge < -0.3 is 14.8 Å². The minimum Gasteiger partial charge on any atom is -0.495 e. The van der Waals surface area contributed by atoms with Crippen LogP contribution in [-0.4, -0.2) is 25.1 Å². The molecule has 0 saturated carbocycles. The van der Waals surface area contributed by atoms with E-state index in [1.807, 2.05) is 0 Å². The van der Waals surface area contributed by atoms with E-state index in [2.05, 4.69) is 5.32 Å². The third-order valence-electron chi connectivity index (χ3n) is 2.79. The predicted octanol–water partition coefficient (Wildman–Crippen LogP) is 3.59. The number of carbonyl (C=O) groups excluding carboxylic acids is 2. The molecule has 7 heteroatoms. The molecule has 0 spiro atoms. The molecular weight excluding hydrogens is 326 g/mol. The van der Waals surface area contributed by atoms with Gasteiger partial charge in [-0.1, -0.05) is 23.7 Å². The molecule has 0 radical (unpaired) electrons. The Hall–Kier alpha value is -2.05. The van der Waals surface area contributed by atoms with E-state index >= 15 is 0 Å². The Morgan fingerprint density at radius 2 is 1.95 bits per heavy atom. The zero-order chi connectivity index (χ0) is 16.1. The highest BCUT2D eigenvalue weighted by Gasteiger charge is 2.21. The molecular formula is C15H14ClNO4S. The molecule has 1 unspecified atom stereocenters. The Kier molecular flexibility index (Phi) is 5.41. The number of nitrogens with one attached hydrogen (secondary N) is 1. The van der Waals surface area contributed by atoms with Crippen LogP contribution in [0.3, 0.4) is 0 Å². The summed E-state index contributed by atoms with van der Waals surface area (Å²) >= 11 is 6.86. The molecule has 5 nitrogen and oxygen atoms in total. The van der Waals surface area contributed by atoms with Crippen molar-refractivity contribution >= 4 is 40.5 Å². The SMILES string of the molecule is COc1ccccc1NC(=O)C(C)OC(=O)c1ccc(Cl)s1. The second-order valence-electron chi connectivity index (χ2n) is 4.34. The molecule has 1 heterocycles. The molecule has 0 bridgehead atoms. The van der Waals surface area contributed by atoms with Crippen LogP contribution in [0.2, 0.25) is 4.34 Å². The monoisotopic (exact) mass is 339 g/mol. The van der Waals surface area contributed by atoms with E-state index in [1.54, 1.807) is 36.4 Å². The van der Waals surface area contributed by atoms with Crippen LogP contribution in [-0.2, 0) is 9.53 Å². The summed E-state index contributed by atoms with van der Waals surface area (Å²) in [7, 11) is 1.51. The van der Waals surface area contributed by atoms with Gasteiger partial charge in [-0.2, -0.15) is 0 Å². The second-order valence-corrected chi connectivity index (χ2v) is 6.06. The van der Waals surface area contributed by atoms with Crippen molar-refractivity contribution in [3.8, 4) is 5.75 Å². The van der Waals surface area contributed by atoms with Gasteiger partial charge in [-0.3, -0.25) is 4.79 Å². The molecule has 1 aromatic heterocycles. The molecule has 0 aliphatic heterocycles. The van der Waals surface area contributed by atoms with Crippen molar-refractivity contribution < 1.29 is 19.1 Å². The molecule has 2 aromatic rings. The van der Waals surface area contributed by atoms with Crippen molar-refractivity contribution in [1.29, 1.82) is 0 Å². The Bertz CT molecular complexity index is 686. The van der Waals surface area contributed by atoms with Gasteiger partial charge in [-0.25, -0.2) is 4.79 Å². The Labute approximate surface area is 136 Å². The number of hydrogen-bond donors (Lipinski definition) is 1. The molecule has 22 heavy (non-hydrogen) atoms. The lowest BCUT2D eigenvalue weighted by molar-refractivity contribution is -0.123. The van der Waals surface area contributed by atoms with Gasteiger partial charge in [0.25, 0.3) is 5.91 Å². The van der Waals surface area contributed by atoms with E-state index in [9.17, 15) is 9.59 Å². The van der Waals surface area contributed by atoms with Crippen molar-refractivity contribution in [1.82, 2.24) is 0 Å². The Balaban J connectivity index is 1.99. The molecule has 0 saturated heterocycles. The Morgan fingerprint density at radius 3 is 2.59 bits per heavy atom. The number of anilines is 1. The average molecular weight is 340 g/mol. The number of para-hydroxylation sites is 2. The highest BCUT2D eigenvalue weighted by Crippen LogP contribution is 2.24. The lowest BCUT2D eigenvalue weighted by atomic mass is 10.2. The minimum atomic E-state index is -0.946. The van der Waals surface area contributed by atoms with Crippen molar-refractivity contribution in [3.05, 3.63) is 45.6 Å². The van der Waals surface area contributed by atoms with Crippen LogP contribution in [0.1, 0.15) is 16.6 Å². The summed E-state index contributed by atoms with van der Waals surface area (Å²) in [6, 6.07) is 10.1. The summed E-state index contributed by atoms with van der Waals surface area (Å²) in [5.74, 6) is -0.500. The van der Waals surface area contributed by atoms with Gasteiger partial charge >= 0.3 is 5.97 Å². The summed E-state index contributed by atoms with van der Waals surface area (Å²) in [5.41, 5.74) is 0.511. The Morgan fingerprint density at radius 1 is 1.23 bits per heavy atom. The maximum absolute atomic E-state index is 12.1. The lowest BCUT2D eigenvalue weighted by Crippen LogP contribution is -2.29. The number of methoxy groups -OCH3 is 1. The van der Waals surface area contributed by atoms with Crippen LogP contribution in [0.5, 0.6) is 5.75 Å². The fourth-order valence-corrected chi connectivity index (χ4v) is 2.60. The van der Waals surface area contributed by atoms with Crippen LogP contribution in [0, 0.1) is 0 Å². The van der Waals surface area contributed by atoms with Gasteiger partial charge in [-0.15, -0.1) is 11.3 Å². The van der Waals surface area contributed by atoms with Crippen molar-refractivity contribution in [2.45, 2.75) is 13.0 Å². The highest BCUT2D eigenvalue weighted by atomic mass is 35.5. The number of thiophene rings is 1. The van der Waals surface area contributed by atoms with E-state index in [1.165, 1.54) is 14.0 Å². The number of benzene rings is 1. The molecule has 1 N–H and O–H groups in total. The van der Waals surface area contributed by atoms with Crippen LogP contribution in [0.4, 0.5) is 5.69 Å². The molecule has 0 aliphatic carbocycles. The van der Waals surface area contributed by atoms with Crippen molar-refractivity contribution in [2.24, 2.45) is 0 Å². The van der Waals surface area contributed by atoms with Gasteiger partial charge in [0.05, 0.1) is 17.1 Å². The van der Waals surface area contributed by atoms with Gasteiger partial charge in [0.1, 0.15) is 10.6 Å². The average Bonchev–Trinajstić information content (AvgIpc) is 2.94. The summed E-state index contributed by atoms with van der Waals surface area (Å²) in [6.07, 6.45) is -0.946. The molecule has 1 atom stereocenters. The number of halogens is 1. The predicted molar refractivity (Wildman–Crippen MR) is 85.8 cm³/mol. The summed E-state index contributed by atoms with van der Waals surface area (Å²) < 4.78 is 10.7. The van der Waals surface area contributed by atoms with Gasteiger partial charge in [-0.05, 0) is 31.2 Å². The van der Waals surface area contributed by atoms with Crippen molar-refractivity contribution in [2.75, 3.05) is 12.4 Å². The molecule has 2 rings (SSSR count). The first-order chi connectivity index (χ1) is 10.5. The van der Waals surface area contributed by atoms with E-state index in [4.69, 9.17) is 21.1 Å². The number of amides is 1. The number of ether oxygens (including phenoxy) is 2. The van der Waals surface area contributed by atoms with E-state index in [0.29, 0.717) is 20.7 Å². The van der Waals surface area contributed by atoms with Gasteiger partial charge in [0.2, 0.25) is 0 Å². The number of esters is 1. The maximum Gasteiger partial charge on any atom is 0.349 e. The zero-order valence-electron chi connectivity index (χ0n) is 12.0. The largest absolute Gasteiger partial charge is 0.495 e.